The molecule has 0 aliphatic rings. The van der Waals surface area contributed by atoms with E-state index in [0.29, 0.717) is 5.57 Å². The van der Waals surface area contributed by atoms with Gasteiger partial charge in [0.15, 0.2) is 0 Å². The third kappa shape index (κ3) is 2.89. The van der Waals surface area contributed by atoms with Gasteiger partial charge in [-0.2, -0.15) is 0 Å². The molecule has 0 saturated heterocycles. The fourth-order valence-electron chi connectivity index (χ4n) is 0.706. The zero-order valence-electron chi connectivity index (χ0n) is 6.92. The Balaban J connectivity index is 4.28. The van der Waals surface area contributed by atoms with Crippen LogP contribution in [0.25, 0.3) is 0 Å². The highest BCUT2D eigenvalue weighted by Crippen LogP contribution is 2.06. The molecule has 0 aliphatic heterocycles. The highest BCUT2D eigenvalue weighted by molar-refractivity contribution is 5.94. The summed E-state index contributed by atoms with van der Waals surface area (Å²) in [6.45, 7) is 7.18. The lowest BCUT2D eigenvalue weighted by Crippen LogP contribution is -2.22. The Hall–Kier alpha value is -1.25. The number of hydrogen-bond donors (Lipinski definition) is 2. The predicted octanol–water partition coefficient (Wildman–Crippen LogP) is 0.745. The molecule has 0 atom stereocenters. The molecule has 0 radical (unpaired) electrons. The van der Waals surface area contributed by atoms with Crippen molar-refractivity contribution in [3.8, 4) is 0 Å². The molecule has 3 heteroatoms. The van der Waals surface area contributed by atoms with Crippen LogP contribution in [0.15, 0.2) is 24.6 Å². The van der Waals surface area contributed by atoms with Gasteiger partial charge in [-0.05, 0) is 12.1 Å². The first kappa shape index (κ1) is 9.75. The van der Waals surface area contributed by atoms with E-state index in [2.05, 4.69) is 11.9 Å². The van der Waals surface area contributed by atoms with Crippen LogP contribution in [0.4, 0.5) is 0 Å². The van der Waals surface area contributed by atoms with E-state index in [9.17, 15) is 4.79 Å². The maximum absolute atomic E-state index is 11.1. The number of hydrogen-bond acceptors (Lipinski definition) is 2. The summed E-state index contributed by atoms with van der Waals surface area (Å²) in [5.41, 5.74) is 5.82. The van der Waals surface area contributed by atoms with Crippen LogP contribution in [0.3, 0.4) is 0 Å². The van der Waals surface area contributed by atoms with E-state index in [-0.39, 0.29) is 11.8 Å². The molecule has 3 nitrogen and oxygen atoms in total. The molecule has 3 N–H and O–H groups in total. The van der Waals surface area contributed by atoms with Crippen molar-refractivity contribution in [1.29, 1.82) is 0 Å². The number of carbonyl (C=O) groups excluding carboxylic acids is 1. The van der Waals surface area contributed by atoms with Crippen LogP contribution in [0, 0.1) is 5.92 Å². The maximum atomic E-state index is 11.1. The molecule has 0 unspecified atom stereocenters. The summed E-state index contributed by atoms with van der Waals surface area (Å²) in [7, 11) is 0. The molecule has 0 saturated carbocycles. The van der Waals surface area contributed by atoms with Gasteiger partial charge in [0.25, 0.3) is 5.91 Å². The average molecular weight is 154 g/mol. The van der Waals surface area contributed by atoms with Crippen LogP contribution < -0.4 is 11.1 Å². The molecule has 11 heavy (non-hydrogen) atoms. The van der Waals surface area contributed by atoms with Gasteiger partial charge in [-0.25, -0.2) is 0 Å². The summed E-state index contributed by atoms with van der Waals surface area (Å²) < 4.78 is 0. The van der Waals surface area contributed by atoms with Crippen LogP contribution in [-0.2, 0) is 4.79 Å². The molecular weight excluding hydrogens is 140 g/mol. The Morgan fingerprint density at radius 2 is 2.18 bits per heavy atom. The van der Waals surface area contributed by atoms with Crippen molar-refractivity contribution in [3.63, 3.8) is 0 Å². The molecule has 0 aromatic carbocycles. The lowest BCUT2D eigenvalue weighted by Gasteiger charge is -2.07. The van der Waals surface area contributed by atoms with E-state index >= 15 is 0 Å². The van der Waals surface area contributed by atoms with Crippen molar-refractivity contribution in [1.82, 2.24) is 5.32 Å². The molecule has 0 heterocycles. The molecule has 0 bridgehead atoms. The third-order valence-corrected chi connectivity index (χ3v) is 1.30. The molecule has 0 rings (SSSR count). The van der Waals surface area contributed by atoms with Gasteiger partial charge in [-0.1, -0.05) is 20.4 Å². The van der Waals surface area contributed by atoms with E-state index in [0.717, 1.165) is 0 Å². The third-order valence-electron chi connectivity index (χ3n) is 1.30. The fraction of sp³-hybridized carbons (Fsp3) is 0.375. The molecule has 62 valence electrons. The maximum Gasteiger partial charge on any atom is 0.252 e. The van der Waals surface area contributed by atoms with Crippen LogP contribution in [0.5, 0.6) is 0 Å². The Kier molecular flexibility index (Phi) is 4.03. The largest absolute Gasteiger partial charge is 0.404 e. The second kappa shape index (κ2) is 4.55. The number of nitrogens with one attached hydrogen (secondary N) is 1. The highest BCUT2D eigenvalue weighted by Gasteiger charge is 2.10. The standard InChI is InChI=1S/C8H14N2O/c1-4-10-8(11)7(5-9)6(2)3/h4-6H,1,9H2,2-3H3,(H,10,11)/b7-5-. The zero-order chi connectivity index (χ0) is 8.85. The SMILES string of the molecule is C=CNC(=O)/C(=C\N)C(C)C. The van der Waals surface area contributed by atoms with Crippen molar-refractivity contribution in [2.45, 2.75) is 13.8 Å². The van der Waals surface area contributed by atoms with Gasteiger partial charge in [-0.3, -0.25) is 4.79 Å². The lowest BCUT2D eigenvalue weighted by molar-refractivity contribution is -0.117. The summed E-state index contributed by atoms with van der Waals surface area (Å²) in [4.78, 5) is 11.1. The van der Waals surface area contributed by atoms with Crippen LogP contribution in [-0.4, -0.2) is 5.91 Å². The molecule has 0 fully saturated rings. The van der Waals surface area contributed by atoms with Crippen LogP contribution >= 0.6 is 0 Å². The van der Waals surface area contributed by atoms with E-state index in [1.54, 1.807) is 0 Å². The van der Waals surface area contributed by atoms with Crippen molar-refractivity contribution in [3.05, 3.63) is 24.6 Å². The van der Waals surface area contributed by atoms with Crippen molar-refractivity contribution < 1.29 is 4.79 Å². The minimum absolute atomic E-state index is 0.139. The Labute approximate surface area is 67.0 Å². The first-order valence-electron chi connectivity index (χ1n) is 3.47. The highest BCUT2D eigenvalue weighted by atomic mass is 16.1. The first-order chi connectivity index (χ1) is 5.13. The van der Waals surface area contributed by atoms with Gasteiger partial charge in [-0.15, -0.1) is 0 Å². The second-order valence-electron chi connectivity index (χ2n) is 2.45. The van der Waals surface area contributed by atoms with Gasteiger partial charge >= 0.3 is 0 Å². The normalized spacial score (nSPS) is 11.4. The predicted molar refractivity (Wildman–Crippen MR) is 45.4 cm³/mol. The molecular formula is C8H14N2O. The Bertz CT molecular complexity index is 183. The summed E-state index contributed by atoms with van der Waals surface area (Å²) in [6, 6.07) is 0. The van der Waals surface area contributed by atoms with E-state index in [1.165, 1.54) is 12.4 Å². The Morgan fingerprint density at radius 3 is 2.45 bits per heavy atom. The van der Waals surface area contributed by atoms with E-state index < -0.39 is 0 Å². The minimum atomic E-state index is -0.183. The molecule has 0 spiro atoms. The lowest BCUT2D eigenvalue weighted by atomic mass is 10.0. The molecule has 0 aliphatic carbocycles. The monoisotopic (exact) mass is 154 g/mol. The first-order valence-corrected chi connectivity index (χ1v) is 3.47. The summed E-state index contributed by atoms with van der Waals surface area (Å²) in [5.74, 6) is -0.0440. The summed E-state index contributed by atoms with van der Waals surface area (Å²) in [5, 5.41) is 2.45. The van der Waals surface area contributed by atoms with Crippen LogP contribution in [0.1, 0.15) is 13.8 Å². The average Bonchev–Trinajstić information content (AvgIpc) is 1.88. The minimum Gasteiger partial charge on any atom is -0.404 e. The van der Waals surface area contributed by atoms with Crippen molar-refractivity contribution in [2.24, 2.45) is 11.7 Å². The van der Waals surface area contributed by atoms with Crippen LogP contribution in [0.2, 0.25) is 0 Å². The number of amides is 1. The number of nitrogens with two attached hydrogens (primary N) is 1. The van der Waals surface area contributed by atoms with E-state index in [1.807, 2.05) is 13.8 Å². The Morgan fingerprint density at radius 1 is 1.64 bits per heavy atom. The molecule has 1 amide bonds. The van der Waals surface area contributed by atoms with E-state index in [4.69, 9.17) is 5.73 Å². The number of carbonyl (C=O) groups is 1. The van der Waals surface area contributed by atoms with Gasteiger partial charge in [0.05, 0.1) is 0 Å². The van der Waals surface area contributed by atoms with Crippen molar-refractivity contribution >= 4 is 5.91 Å². The smallest absolute Gasteiger partial charge is 0.252 e. The number of rotatable bonds is 3. The summed E-state index contributed by atoms with van der Waals surface area (Å²) >= 11 is 0. The fourth-order valence-corrected chi connectivity index (χ4v) is 0.706. The van der Waals surface area contributed by atoms with Crippen molar-refractivity contribution in [2.75, 3.05) is 0 Å². The van der Waals surface area contributed by atoms with Gasteiger partial charge in [0, 0.05) is 11.8 Å². The second-order valence-corrected chi connectivity index (χ2v) is 2.45. The van der Waals surface area contributed by atoms with Gasteiger partial charge in [0.1, 0.15) is 0 Å². The topological polar surface area (TPSA) is 55.1 Å². The quantitative estimate of drug-likeness (QED) is 0.589. The van der Waals surface area contributed by atoms with Gasteiger partial charge < -0.3 is 11.1 Å². The molecule has 0 aromatic heterocycles. The van der Waals surface area contributed by atoms with Gasteiger partial charge in [0.2, 0.25) is 0 Å². The summed E-state index contributed by atoms with van der Waals surface area (Å²) in [6.07, 6.45) is 2.66. The molecule has 0 aromatic rings. The zero-order valence-corrected chi connectivity index (χ0v) is 6.92.